The van der Waals surface area contributed by atoms with Crippen LogP contribution in [0.4, 0.5) is 10.2 Å². The van der Waals surface area contributed by atoms with E-state index in [2.05, 4.69) is 15.3 Å². The van der Waals surface area contributed by atoms with Crippen LogP contribution in [-0.4, -0.2) is 16.5 Å². The minimum Gasteiger partial charge on any atom is -0.436 e. The topological polar surface area (TPSA) is 47.0 Å². The first-order valence-corrected chi connectivity index (χ1v) is 5.28. The molecule has 1 heterocycles. The third-order valence-electron chi connectivity index (χ3n) is 2.05. The molecule has 17 heavy (non-hydrogen) atoms. The van der Waals surface area contributed by atoms with Crippen molar-refractivity contribution in [3.05, 3.63) is 42.5 Å². The Balaban J connectivity index is 2.18. The van der Waals surface area contributed by atoms with Gasteiger partial charge in [0.05, 0.1) is 0 Å². The van der Waals surface area contributed by atoms with Gasteiger partial charge in [-0.1, -0.05) is 12.1 Å². The van der Waals surface area contributed by atoms with E-state index in [4.69, 9.17) is 4.74 Å². The van der Waals surface area contributed by atoms with Gasteiger partial charge in [0.15, 0.2) is 11.6 Å². The molecule has 0 unspecified atom stereocenters. The van der Waals surface area contributed by atoms with Crippen molar-refractivity contribution in [3.8, 4) is 11.6 Å². The van der Waals surface area contributed by atoms with Crippen LogP contribution < -0.4 is 10.1 Å². The lowest BCUT2D eigenvalue weighted by Gasteiger charge is -2.07. The number of nitrogens with one attached hydrogen (secondary N) is 1. The van der Waals surface area contributed by atoms with Crippen molar-refractivity contribution in [2.45, 2.75) is 6.92 Å². The van der Waals surface area contributed by atoms with Crippen molar-refractivity contribution in [2.75, 3.05) is 11.9 Å². The SMILES string of the molecule is CCNc1cc(Oc2ccccc2F)ncn1. The van der Waals surface area contributed by atoms with Crippen LogP contribution in [0.25, 0.3) is 0 Å². The lowest BCUT2D eigenvalue weighted by Crippen LogP contribution is -2.00. The number of rotatable bonds is 4. The van der Waals surface area contributed by atoms with Crippen molar-refractivity contribution < 1.29 is 9.13 Å². The Hall–Kier alpha value is -2.17. The Morgan fingerprint density at radius 1 is 1.29 bits per heavy atom. The number of nitrogens with zero attached hydrogens (tertiary/aromatic N) is 2. The average Bonchev–Trinajstić information content (AvgIpc) is 2.33. The summed E-state index contributed by atoms with van der Waals surface area (Å²) in [6, 6.07) is 7.80. The van der Waals surface area contributed by atoms with E-state index >= 15 is 0 Å². The minimum absolute atomic E-state index is 0.147. The van der Waals surface area contributed by atoms with Gasteiger partial charge in [0.1, 0.15) is 12.1 Å². The molecule has 0 atom stereocenters. The number of anilines is 1. The number of hydrogen-bond acceptors (Lipinski definition) is 4. The second-order valence-corrected chi connectivity index (χ2v) is 3.30. The number of benzene rings is 1. The molecule has 0 aliphatic heterocycles. The fourth-order valence-corrected chi connectivity index (χ4v) is 1.31. The molecule has 0 spiro atoms. The summed E-state index contributed by atoms with van der Waals surface area (Å²) in [6.45, 7) is 2.70. The highest BCUT2D eigenvalue weighted by molar-refractivity contribution is 5.38. The summed E-state index contributed by atoms with van der Waals surface area (Å²) in [5.41, 5.74) is 0. The molecule has 1 N–H and O–H groups in total. The Kier molecular flexibility index (Phi) is 3.49. The number of para-hydroxylation sites is 1. The Labute approximate surface area is 98.5 Å². The van der Waals surface area contributed by atoms with Gasteiger partial charge in [-0.3, -0.25) is 0 Å². The van der Waals surface area contributed by atoms with Gasteiger partial charge in [-0.05, 0) is 19.1 Å². The quantitative estimate of drug-likeness (QED) is 0.882. The van der Waals surface area contributed by atoms with E-state index in [-0.39, 0.29) is 5.75 Å². The molecule has 0 bridgehead atoms. The van der Waals surface area contributed by atoms with Gasteiger partial charge < -0.3 is 10.1 Å². The predicted octanol–water partition coefficient (Wildman–Crippen LogP) is 2.84. The second kappa shape index (κ2) is 5.25. The number of aromatic nitrogens is 2. The zero-order valence-electron chi connectivity index (χ0n) is 9.35. The van der Waals surface area contributed by atoms with E-state index in [0.29, 0.717) is 11.7 Å². The largest absolute Gasteiger partial charge is 0.436 e. The third-order valence-corrected chi connectivity index (χ3v) is 2.05. The summed E-state index contributed by atoms with van der Waals surface area (Å²) in [5, 5.41) is 3.02. The summed E-state index contributed by atoms with van der Waals surface area (Å²) >= 11 is 0. The van der Waals surface area contributed by atoms with Crippen molar-refractivity contribution in [1.82, 2.24) is 9.97 Å². The fourth-order valence-electron chi connectivity index (χ4n) is 1.31. The van der Waals surface area contributed by atoms with Gasteiger partial charge in [-0.25, -0.2) is 14.4 Å². The Morgan fingerprint density at radius 2 is 2.12 bits per heavy atom. The molecule has 0 amide bonds. The van der Waals surface area contributed by atoms with E-state index in [1.54, 1.807) is 24.3 Å². The number of hydrogen-bond donors (Lipinski definition) is 1. The Morgan fingerprint density at radius 3 is 2.88 bits per heavy atom. The van der Waals surface area contributed by atoms with E-state index in [0.717, 1.165) is 6.54 Å². The van der Waals surface area contributed by atoms with Gasteiger partial charge >= 0.3 is 0 Å². The summed E-state index contributed by atoms with van der Waals surface area (Å²) in [7, 11) is 0. The molecule has 0 fully saturated rings. The highest BCUT2D eigenvalue weighted by atomic mass is 19.1. The van der Waals surface area contributed by atoms with E-state index in [1.165, 1.54) is 12.4 Å². The third kappa shape index (κ3) is 2.90. The molecule has 88 valence electrons. The Bertz CT molecular complexity index is 505. The lowest BCUT2D eigenvalue weighted by molar-refractivity contribution is 0.427. The molecule has 0 saturated carbocycles. The predicted molar refractivity (Wildman–Crippen MR) is 62.7 cm³/mol. The lowest BCUT2D eigenvalue weighted by atomic mass is 10.3. The summed E-state index contributed by atoms with van der Waals surface area (Å²) in [4.78, 5) is 7.92. The maximum atomic E-state index is 13.3. The first-order chi connectivity index (χ1) is 8.29. The zero-order valence-corrected chi connectivity index (χ0v) is 9.35. The van der Waals surface area contributed by atoms with Crippen LogP contribution in [0.3, 0.4) is 0 Å². The molecular weight excluding hydrogens is 221 g/mol. The first-order valence-electron chi connectivity index (χ1n) is 5.28. The summed E-state index contributed by atoms with van der Waals surface area (Å²) in [5.74, 6) is 0.680. The van der Waals surface area contributed by atoms with Gasteiger partial charge in [-0.15, -0.1) is 0 Å². The fraction of sp³-hybridized carbons (Fsp3) is 0.167. The molecule has 1 aromatic heterocycles. The number of halogens is 1. The van der Waals surface area contributed by atoms with Crippen molar-refractivity contribution in [2.24, 2.45) is 0 Å². The highest BCUT2D eigenvalue weighted by Crippen LogP contribution is 2.23. The highest BCUT2D eigenvalue weighted by Gasteiger charge is 2.05. The van der Waals surface area contributed by atoms with Gasteiger partial charge in [0.2, 0.25) is 5.88 Å². The molecule has 2 aromatic rings. The van der Waals surface area contributed by atoms with Crippen LogP contribution in [0.1, 0.15) is 6.92 Å². The van der Waals surface area contributed by atoms with Crippen molar-refractivity contribution >= 4 is 5.82 Å². The van der Waals surface area contributed by atoms with Crippen LogP contribution in [0, 0.1) is 5.82 Å². The van der Waals surface area contributed by atoms with Crippen LogP contribution >= 0.6 is 0 Å². The molecule has 1 aromatic carbocycles. The minimum atomic E-state index is -0.420. The standard InChI is InChI=1S/C12H12FN3O/c1-2-14-11-7-12(16-8-15-11)17-10-6-4-3-5-9(10)13/h3-8H,2H2,1H3,(H,14,15,16). The van der Waals surface area contributed by atoms with E-state index in [1.807, 2.05) is 6.92 Å². The molecule has 5 heteroatoms. The first kappa shape index (κ1) is 11.3. The maximum Gasteiger partial charge on any atom is 0.224 e. The van der Waals surface area contributed by atoms with Crippen LogP contribution in [-0.2, 0) is 0 Å². The smallest absolute Gasteiger partial charge is 0.224 e. The van der Waals surface area contributed by atoms with Gasteiger partial charge in [0, 0.05) is 12.6 Å². The molecular formula is C12H12FN3O. The van der Waals surface area contributed by atoms with Crippen LogP contribution in [0.2, 0.25) is 0 Å². The van der Waals surface area contributed by atoms with E-state index < -0.39 is 5.82 Å². The van der Waals surface area contributed by atoms with Crippen molar-refractivity contribution in [1.29, 1.82) is 0 Å². The molecule has 0 aliphatic carbocycles. The van der Waals surface area contributed by atoms with Crippen LogP contribution in [0.15, 0.2) is 36.7 Å². The summed E-state index contributed by atoms with van der Waals surface area (Å²) < 4.78 is 18.7. The van der Waals surface area contributed by atoms with Gasteiger partial charge in [-0.2, -0.15) is 0 Å². The molecule has 0 aliphatic rings. The van der Waals surface area contributed by atoms with Crippen molar-refractivity contribution in [3.63, 3.8) is 0 Å². The zero-order chi connectivity index (χ0) is 12.1. The second-order valence-electron chi connectivity index (χ2n) is 3.30. The van der Waals surface area contributed by atoms with Crippen LogP contribution in [0.5, 0.6) is 11.6 Å². The maximum absolute atomic E-state index is 13.3. The molecule has 0 radical (unpaired) electrons. The number of ether oxygens (including phenoxy) is 1. The molecule has 2 rings (SSSR count). The van der Waals surface area contributed by atoms with E-state index in [9.17, 15) is 4.39 Å². The monoisotopic (exact) mass is 233 g/mol. The summed E-state index contributed by atoms with van der Waals surface area (Å²) in [6.07, 6.45) is 1.37. The molecule has 4 nitrogen and oxygen atoms in total. The normalized spacial score (nSPS) is 10.0. The average molecular weight is 233 g/mol. The van der Waals surface area contributed by atoms with Gasteiger partial charge in [0.25, 0.3) is 0 Å². The molecule has 0 saturated heterocycles.